The number of esters is 1. The van der Waals surface area contributed by atoms with Gasteiger partial charge in [0.2, 0.25) is 0 Å². The van der Waals surface area contributed by atoms with Gasteiger partial charge >= 0.3 is 5.97 Å². The van der Waals surface area contributed by atoms with Crippen molar-refractivity contribution >= 4 is 11.9 Å². The predicted octanol–water partition coefficient (Wildman–Crippen LogP) is 1.12. The molecule has 1 atom stereocenters. The Balaban J connectivity index is 2.45. The number of likely N-dealkylation sites (tertiary alicyclic amines) is 1. The third-order valence-corrected chi connectivity index (χ3v) is 2.40. The normalized spacial score (nSPS) is 17.3. The maximum Gasteiger partial charge on any atom is 0.333 e. The fourth-order valence-electron chi connectivity index (χ4n) is 1.51. The molecule has 1 heterocycles. The summed E-state index contributed by atoms with van der Waals surface area (Å²) >= 11 is 0. The molecule has 0 spiro atoms. The van der Waals surface area contributed by atoms with E-state index in [0.717, 1.165) is 25.9 Å². The summed E-state index contributed by atoms with van der Waals surface area (Å²) in [5.41, 5.74) is 0.316. The van der Waals surface area contributed by atoms with Gasteiger partial charge in [0, 0.05) is 18.7 Å². The maximum atomic E-state index is 11.7. The molecule has 0 aromatic carbocycles. The van der Waals surface area contributed by atoms with E-state index in [1.54, 1.807) is 18.7 Å². The minimum atomic E-state index is -0.702. The Morgan fingerprint density at radius 1 is 1.33 bits per heavy atom. The predicted molar refractivity (Wildman–Crippen MR) is 56.2 cm³/mol. The van der Waals surface area contributed by atoms with Crippen LogP contribution in [0.4, 0.5) is 0 Å². The van der Waals surface area contributed by atoms with Crippen LogP contribution in [0.2, 0.25) is 0 Å². The second-order valence-electron chi connectivity index (χ2n) is 3.86. The van der Waals surface area contributed by atoms with E-state index in [9.17, 15) is 9.59 Å². The van der Waals surface area contributed by atoms with Crippen LogP contribution in [0.15, 0.2) is 12.2 Å². The topological polar surface area (TPSA) is 46.6 Å². The molecule has 1 aliphatic heterocycles. The van der Waals surface area contributed by atoms with Crippen LogP contribution < -0.4 is 0 Å². The lowest BCUT2D eigenvalue weighted by atomic mass is 10.3. The van der Waals surface area contributed by atoms with Crippen molar-refractivity contribution in [3.63, 3.8) is 0 Å². The second-order valence-corrected chi connectivity index (χ2v) is 3.86. The number of amides is 1. The lowest BCUT2D eigenvalue weighted by Crippen LogP contribution is -2.38. The van der Waals surface area contributed by atoms with Crippen LogP contribution in [0.3, 0.4) is 0 Å². The van der Waals surface area contributed by atoms with E-state index >= 15 is 0 Å². The number of hydrogen-bond donors (Lipinski definition) is 0. The molecule has 1 unspecified atom stereocenters. The summed E-state index contributed by atoms with van der Waals surface area (Å²) in [6.45, 7) is 8.17. The molecule has 15 heavy (non-hydrogen) atoms. The van der Waals surface area contributed by atoms with Gasteiger partial charge in [-0.05, 0) is 26.7 Å². The molecule has 1 amide bonds. The molecular formula is C11H17NO3. The zero-order valence-electron chi connectivity index (χ0n) is 9.28. The first-order valence-corrected chi connectivity index (χ1v) is 5.17. The highest BCUT2D eigenvalue weighted by Crippen LogP contribution is 2.11. The SMILES string of the molecule is C=C(C)C(=O)OC(C)C(=O)N1CCCC1. The smallest absolute Gasteiger partial charge is 0.333 e. The molecule has 1 rings (SSSR count). The number of nitrogens with zero attached hydrogens (tertiary/aromatic N) is 1. The van der Waals surface area contributed by atoms with E-state index < -0.39 is 12.1 Å². The Morgan fingerprint density at radius 3 is 2.33 bits per heavy atom. The molecule has 1 aliphatic rings. The molecule has 0 aromatic rings. The van der Waals surface area contributed by atoms with Crippen molar-refractivity contribution in [2.45, 2.75) is 32.8 Å². The number of ether oxygens (including phenoxy) is 1. The Bertz CT molecular complexity index is 280. The standard InChI is InChI=1S/C11H17NO3/c1-8(2)11(14)15-9(3)10(13)12-6-4-5-7-12/h9H,1,4-7H2,2-3H3. The molecule has 1 saturated heterocycles. The van der Waals surface area contributed by atoms with Gasteiger partial charge in [0.15, 0.2) is 6.10 Å². The first kappa shape index (κ1) is 11.8. The van der Waals surface area contributed by atoms with Gasteiger partial charge in [-0.25, -0.2) is 4.79 Å². The van der Waals surface area contributed by atoms with Crippen molar-refractivity contribution in [2.75, 3.05) is 13.1 Å². The van der Waals surface area contributed by atoms with E-state index in [1.807, 2.05) is 0 Å². The highest BCUT2D eigenvalue weighted by atomic mass is 16.5. The molecule has 84 valence electrons. The molecular weight excluding hydrogens is 194 g/mol. The van der Waals surface area contributed by atoms with Crippen LogP contribution in [0.1, 0.15) is 26.7 Å². The van der Waals surface area contributed by atoms with Crippen molar-refractivity contribution < 1.29 is 14.3 Å². The largest absolute Gasteiger partial charge is 0.449 e. The third-order valence-electron chi connectivity index (χ3n) is 2.40. The average Bonchev–Trinajstić information content (AvgIpc) is 2.68. The summed E-state index contributed by atoms with van der Waals surface area (Å²) in [5, 5.41) is 0. The van der Waals surface area contributed by atoms with E-state index in [1.165, 1.54) is 0 Å². The molecule has 0 aromatic heterocycles. The monoisotopic (exact) mass is 211 g/mol. The van der Waals surface area contributed by atoms with E-state index in [4.69, 9.17) is 4.74 Å². The van der Waals surface area contributed by atoms with Gasteiger partial charge in [0.05, 0.1) is 0 Å². The fraction of sp³-hybridized carbons (Fsp3) is 0.636. The van der Waals surface area contributed by atoms with E-state index in [2.05, 4.69) is 6.58 Å². The van der Waals surface area contributed by atoms with Gasteiger partial charge in [-0.2, -0.15) is 0 Å². The van der Waals surface area contributed by atoms with Crippen LogP contribution in [0.25, 0.3) is 0 Å². The zero-order chi connectivity index (χ0) is 11.4. The second kappa shape index (κ2) is 4.96. The third kappa shape index (κ3) is 3.08. The number of carbonyl (C=O) groups is 2. The lowest BCUT2D eigenvalue weighted by Gasteiger charge is -2.20. The van der Waals surface area contributed by atoms with Crippen LogP contribution in [-0.4, -0.2) is 36.0 Å². The van der Waals surface area contributed by atoms with Crippen molar-refractivity contribution in [1.29, 1.82) is 0 Å². The van der Waals surface area contributed by atoms with Crippen LogP contribution in [0.5, 0.6) is 0 Å². The number of carbonyl (C=O) groups excluding carboxylic acids is 2. The van der Waals surface area contributed by atoms with E-state index in [-0.39, 0.29) is 5.91 Å². The summed E-state index contributed by atoms with van der Waals surface area (Å²) < 4.78 is 4.96. The molecule has 1 fully saturated rings. The molecule has 0 radical (unpaired) electrons. The first-order valence-electron chi connectivity index (χ1n) is 5.17. The summed E-state index contributed by atoms with van der Waals surface area (Å²) in [7, 11) is 0. The summed E-state index contributed by atoms with van der Waals surface area (Å²) in [6, 6.07) is 0. The average molecular weight is 211 g/mol. The minimum Gasteiger partial charge on any atom is -0.449 e. The van der Waals surface area contributed by atoms with Gasteiger partial charge in [0.25, 0.3) is 5.91 Å². The highest BCUT2D eigenvalue weighted by molar-refractivity contribution is 5.90. The Hall–Kier alpha value is -1.32. The van der Waals surface area contributed by atoms with Crippen molar-refractivity contribution in [2.24, 2.45) is 0 Å². The highest BCUT2D eigenvalue weighted by Gasteiger charge is 2.25. The molecule has 4 heteroatoms. The fourth-order valence-corrected chi connectivity index (χ4v) is 1.51. The summed E-state index contributed by atoms with van der Waals surface area (Å²) in [5.74, 6) is -0.614. The van der Waals surface area contributed by atoms with Gasteiger partial charge in [-0.1, -0.05) is 6.58 Å². The van der Waals surface area contributed by atoms with Crippen LogP contribution >= 0.6 is 0 Å². The molecule has 0 N–H and O–H groups in total. The molecule has 0 bridgehead atoms. The van der Waals surface area contributed by atoms with Gasteiger partial charge in [0.1, 0.15) is 0 Å². The Labute approximate surface area is 89.9 Å². The first-order chi connectivity index (χ1) is 7.02. The quantitative estimate of drug-likeness (QED) is 0.519. The zero-order valence-corrected chi connectivity index (χ0v) is 9.28. The molecule has 0 saturated carbocycles. The lowest BCUT2D eigenvalue weighted by molar-refractivity contribution is -0.155. The summed E-state index contributed by atoms with van der Waals surface area (Å²) in [4.78, 5) is 24.6. The maximum absolute atomic E-state index is 11.7. The van der Waals surface area contributed by atoms with Crippen molar-refractivity contribution in [3.8, 4) is 0 Å². The summed E-state index contributed by atoms with van der Waals surface area (Å²) in [6.07, 6.45) is 1.37. The minimum absolute atomic E-state index is 0.109. The Morgan fingerprint density at radius 2 is 1.87 bits per heavy atom. The van der Waals surface area contributed by atoms with Crippen LogP contribution in [0, 0.1) is 0 Å². The van der Waals surface area contributed by atoms with E-state index in [0.29, 0.717) is 5.57 Å². The number of hydrogen-bond acceptors (Lipinski definition) is 3. The van der Waals surface area contributed by atoms with Crippen molar-refractivity contribution in [3.05, 3.63) is 12.2 Å². The van der Waals surface area contributed by atoms with Crippen LogP contribution in [-0.2, 0) is 14.3 Å². The van der Waals surface area contributed by atoms with Gasteiger partial charge in [-0.15, -0.1) is 0 Å². The molecule has 4 nitrogen and oxygen atoms in total. The van der Waals surface area contributed by atoms with Gasteiger partial charge < -0.3 is 9.64 Å². The van der Waals surface area contributed by atoms with Crippen molar-refractivity contribution in [1.82, 2.24) is 4.90 Å². The molecule has 0 aliphatic carbocycles. The number of rotatable bonds is 3. The Kier molecular flexibility index (Phi) is 3.88. The van der Waals surface area contributed by atoms with Gasteiger partial charge in [-0.3, -0.25) is 4.79 Å².